The Morgan fingerprint density at radius 3 is 2.58 bits per heavy atom. The Morgan fingerprint density at radius 2 is 1.88 bits per heavy atom. The van der Waals surface area contributed by atoms with Crippen LogP contribution in [0.2, 0.25) is 30.8 Å². The molecule has 0 saturated carbocycles. The van der Waals surface area contributed by atoms with E-state index in [1.807, 2.05) is 36.5 Å². The highest BCUT2D eigenvalue weighted by atomic mass is 35.5. The Kier molecular flexibility index (Phi) is 5.60. The zero-order valence-corrected chi connectivity index (χ0v) is 17.1. The molecule has 0 fully saturated rings. The Balaban J connectivity index is 2.01. The van der Waals surface area contributed by atoms with Crippen LogP contribution >= 0.6 is 11.6 Å². The zero-order chi connectivity index (χ0) is 18.7. The van der Waals surface area contributed by atoms with E-state index in [1.54, 1.807) is 16.8 Å². The average molecular weight is 387 g/mol. The molecule has 0 bridgehead atoms. The molecule has 26 heavy (non-hydrogen) atoms. The van der Waals surface area contributed by atoms with Crippen LogP contribution in [0.4, 0.5) is 0 Å². The molecule has 0 saturated heterocycles. The van der Waals surface area contributed by atoms with Crippen LogP contribution in [0.3, 0.4) is 0 Å². The van der Waals surface area contributed by atoms with E-state index < -0.39 is 8.07 Å². The number of hydrogen-bond donors (Lipinski definition) is 0. The highest BCUT2D eigenvalue weighted by Crippen LogP contribution is 2.27. The number of halogens is 1. The molecule has 3 rings (SSSR count). The maximum Gasteiger partial charge on any atom is 0.261 e. The smallest absolute Gasteiger partial charge is 0.261 e. The van der Waals surface area contributed by atoms with Gasteiger partial charge in [-0.25, -0.2) is 4.98 Å². The number of ether oxygens (including phenoxy) is 1. The van der Waals surface area contributed by atoms with Crippen molar-refractivity contribution in [1.82, 2.24) is 9.55 Å². The summed E-state index contributed by atoms with van der Waals surface area (Å²) in [4.78, 5) is 16.9. The van der Waals surface area contributed by atoms with E-state index in [0.29, 0.717) is 17.1 Å². The Labute approximate surface area is 159 Å². The maximum absolute atomic E-state index is 12.8. The predicted octanol–water partition coefficient (Wildman–Crippen LogP) is 5.03. The normalized spacial score (nSPS) is 11.8. The maximum atomic E-state index is 12.8. The lowest BCUT2D eigenvalue weighted by Crippen LogP contribution is -2.25. The largest absolute Gasteiger partial charge is 0.361 e. The van der Waals surface area contributed by atoms with Crippen molar-refractivity contribution in [3.63, 3.8) is 0 Å². The molecule has 3 aromatic rings. The molecule has 0 unspecified atom stereocenters. The van der Waals surface area contributed by atoms with Crippen molar-refractivity contribution >= 4 is 30.4 Å². The van der Waals surface area contributed by atoms with Gasteiger partial charge in [-0.2, -0.15) is 0 Å². The van der Waals surface area contributed by atoms with Crippen molar-refractivity contribution in [2.24, 2.45) is 0 Å². The van der Waals surface area contributed by atoms with Gasteiger partial charge in [0.05, 0.1) is 5.39 Å². The van der Waals surface area contributed by atoms with Crippen LogP contribution in [0.1, 0.15) is 0 Å². The summed E-state index contributed by atoms with van der Waals surface area (Å²) in [6, 6.07) is 12.8. The Bertz CT molecular complexity index is 965. The molecule has 0 aliphatic heterocycles. The summed E-state index contributed by atoms with van der Waals surface area (Å²) in [6.45, 7) is 7.83. The van der Waals surface area contributed by atoms with E-state index in [0.717, 1.165) is 22.6 Å². The molecule has 136 valence electrons. The van der Waals surface area contributed by atoms with E-state index in [2.05, 4.69) is 24.6 Å². The zero-order valence-electron chi connectivity index (χ0n) is 15.3. The van der Waals surface area contributed by atoms with Crippen LogP contribution < -0.4 is 5.56 Å². The fourth-order valence-electron chi connectivity index (χ4n) is 2.75. The van der Waals surface area contributed by atoms with Crippen molar-refractivity contribution in [3.8, 4) is 11.1 Å². The fourth-order valence-corrected chi connectivity index (χ4v) is 3.66. The SMILES string of the molecule is C[Si](C)(C)CCOCn1cc(-c2ccccc2)c2cc(Cl)ncc2c1=O. The minimum absolute atomic E-state index is 0.114. The second kappa shape index (κ2) is 7.74. The Hall–Kier alpha value is -1.95. The third-order valence-electron chi connectivity index (χ3n) is 4.25. The van der Waals surface area contributed by atoms with Gasteiger partial charge in [-0.3, -0.25) is 9.36 Å². The highest BCUT2D eigenvalue weighted by molar-refractivity contribution is 6.76. The van der Waals surface area contributed by atoms with Crippen molar-refractivity contribution in [3.05, 3.63) is 64.3 Å². The van der Waals surface area contributed by atoms with E-state index in [-0.39, 0.29) is 12.3 Å². The molecule has 0 spiro atoms. The molecule has 0 amide bonds. The van der Waals surface area contributed by atoms with E-state index in [9.17, 15) is 4.79 Å². The van der Waals surface area contributed by atoms with Crippen molar-refractivity contribution < 1.29 is 4.74 Å². The number of nitrogens with zero attached hydrogens (tertiary/aromatic N) is 2. The summed E-state index contributed by atoms with van der Waals surface area (Å²) in [5.41, 5.74) is 1.85. The van der Waals surface area contributed by atoms with Crippen LogP contribution in [-0.4, -0.2) is 24.2 Å². The van der Waals surface area contributed by atoms with Gasteiger partial charge in [0.15, 0.2) is 0 Å². The summed E-state index contributed by atoms with van der Waals surface area (Å²) in [5, 5.41) is 1.72. The quantitative estimate of drug-likeness (QED) is 0.339. The first-order valence-corrected chi connectivity index (χ1v) is 12.8. The third kappa shape index (κ3) is 4.41. The second-order valence-corrected chi connectivity index (χ2v) is 13.6. The molecule has 0 radical (unpaired) electrons. The molecule has 0 aliphatic rings. The van der Waals surface area contributed by atoms with Gasteiger partial charge in [0.25, 0.3) is 5.56 Å². The van der Waals surface area contributed by atoms with Crippen LogP contribution in [0.15, 0.2) is 53.6 Å². The fraction of sp³-hybridized carbons (Fsp3) is 0.300. The number of fused-ring (bicyclic) bond motifs is 1. The lowest BCUT2D eigenvalue weighted by Gasteiger charge is -2.17. The number of benzene rings is 1. The monoisotopic (exact) mass is 386 g/mol. The molecular formula is C20H23ClN2O2Si. The summed E-state index contributed by atoms with van der Waals surface area (Å²) in [5.74, 6) is 0. The molecule has 1 aromatic carbocycles. The minimum Gasteiger partial charge on any atom is -0.361 e. The topological polar surface area (TPSA) is 44.1 Å². The first kappa shape index (κ1) is 18.8. The van der Waals surface area contributed by atoms with E-state index >= 15 is 0 Å². The van der Waals surface area contributed by atoms with Crippen molar-refractivity contribution in [2.45, 2.75) is 32.4 Å². The molecule has 0 N–H and O–H groups in total. The van der Waals surface area contributed by atoms with Gasteiger partial charge in [0.1, 0.15) is 11.9 Å². The van der Waals surface area contributed by atoms with Gasteiger partial charge in [0.2, 0.25) is 0 Å². The van der Waals surface area contributed by atoms with Gasteiger partial charge in [-0.15, -0.1) is 0 Å². The molecule has 0 aliphatic carbocycles. The molecular weight excluding hydrogens is 364 g/mol. The summed E-state index contributed by atoms with van der Waals surface area (Å²) in [7, 11) is -1.16. The van der Waals surface area contributed by atoms with Gasteiger partial charge >= 0.3 is 0 Å². The molecule has 6 heteroatoms. The molecule has 4 nitrogen and oxygen atoms in total. The molecule has 2 heterocycles. The van der Waals surface area contributed by atoms with Crippen molar-refractivity contribution in [1.29, 1.82) is 0 Å². The lowest BCUT2D eigenvalue weighted by molar-refractivity contribution is 0.0852. The van der Waals surface area contributed by atoms with Crippen LogP contribution in [0.5, 0.6) is 0 Å². The van der Waals surface area contributed by atoms with Crippen LogP contribution in [0, 0.1) is 0 Å². The third-order valence-corrected chi connectivity index (χ3v) is 6.16. The number of pyridine rings is 2. The first-order valence-electron chi connectivity index (χ1n) is 8.67. The number of rotatable bonds is 6. The number of hydrogen-bond acceptors (Lipinski definition) is 3. The van der Waals surface area contributed by atoms with Gasteiger partial charge in [0, 0.05) is 38.0 Å². The van der Waals surface area contributed by atoms with E-state index in [4.69, 9.17) is 16.3 Å². The molecule has 2 aromatic heterocycles. The van der Waals surface area contributed by atoms with Gasteiger partial charge in [-0.1, -0.05) is 61.6 Å². The first-order chi connectivity index (χ1) is 12.3. The summed E-state index contributed by atoms with van der Waals surface area (Å²) >= 11 is 6.07. The second-order valence-electron chi connectivity index (χ2n) is 7.58. The van der Waals surface area contributed by atoms with Crippen molar-refractivity contribution in [2.75, 3.05) is 6.61 Å². The standard InChI is InChI=1S/C20H23ClN2O2Si/c1-26(2,3)10-9-25-14-23-13-18(15-7-5-4-6-8-15)16-11-19(21)22-12-17(16)20(23)24/h4-8,11-13H,9-10,14H2,1-3H3. The van der Waals surface area contributed by atoms with Gasteiger partial charge < -0.3 is 4.74 Å². The van der Waals surface area contributed by atoms with Gasteiger partial charge in [-0.05, 0) is 17.7 Å². The number of aromatic nitrogens is 2. The minimum atomic E-state index is -1.16. The lowest BCUT2D eigenvalue weighted by atomic mass is 10.0. The van der Waals surface area contributed by atoms with Crippen LogP contribution in [-0.2, 0) is 11.5 Å². The Morgan fingerprint density at radius 1 is 1.15 bits per heavy atom. The highest BCUT2D eigenvalue weighted by Gasteiger charge is 2.14. The summed E-state index contributed by atoms with van der Waals surface area (Å²) in [6.07, 6.45) is 3.40. The van der Waals surface area contributed by atoms with E-state index in [1.165, 1.54) is 0 Å². The molecule has 0 atom stereocenters. The average Bonchev–Trinajstić information content (AvgIpc) is 2.60. The predicted molar refractivity (Wildman–Crippen MR) is 111 cm³/mol. The van der Waals surface area contributed by atoms with Crippen LogP contribution in [0.25, 0.3) is 21.9 Å². The summed E-state index contributed by atoms with van der Waals surface area (Å²) < 4.78 is 7.41.